The molecule has 1 rings (SSSR count). The van der Waals surface area contributed by atoms with Gasteiger partial charge in [0.2, 0.25) is 0 Å². The van der Waals surface area contributed by atoms with E-state index in [2.05, 4.69) is 0 Å². The summed E-state index contributed by atoms with van der Waals surface area (Å²) in [7, 11) is 0. The zero-order chi connectivity index (χ0) is 11.6. The largest absolute Gasteiger partial charge is 0.398 e. The van der Waals surface area contributed by atoms with E-state index in [1.807, 2.05) is 0 Å². The molecule has 0 saturated heterocycles. The number of hydrogen-bond donors (Lipinski definition) is 3. The molecule has 0 fully saturated rings. The molecule has 0 spiro atoms. The van der Waals surface area contributed by atoms with Gasteiger partial charge in [-0.15, -0.1) is 11.6 Å². The molecule has 1 aromatic rings. The molecule has 1 aromatic carbocycles. The fraction of sp³-hybridized carbons (Fsp3) is 0.333. The molecule has 0 aliphatic heterocycles. The molecule has 0 radical (unpaired) electrons. The van der Waals surface area contributed by atoms with Crippen molar-refractivity contribution in [1.29, 1.82) is 0 Å². The van der Waals surface area contributed by atoms with Gasteiger partial charge in [-0.05, 0) is 6.07 Å². The van der Waals surface area contributed by atoms with Gasteiger partial charge >= 0.3 is 0 Å². The molecule has 0 aliphatic carbocycles. The molecule has 0 heterocycles. The highest BCUT2D eigenvalue weighted by atomic mass is 35.5. The molecule has 0 amide bonds. The summed E-state index contributed by atoms with van der Waals surface area (Å²) in [6.45, 7) is 0. The summed E-state index contributed by atoms with van der Waals surface area (Å²) in [4.78, 5) is 0. The van der Waals surface area contributed by atoms with Crippen LogP contribution < -0.4 is 5.73 Å². The Hall–Kier alpha value is -0.910. The Labute approximate surface area is 90.1 Å². The fourth-order valence-electron chi connectivity index (χ4n) is 1.13. The van der Waals surface area contributed by atoms with Crippen LogP contribution in [0.2, 0.25) is 0 Å². The van der Waals surface area contributed by atoms with E-state index in [-0.39, 0.29) is 17.1 Å². The second-order valence-corrected chi connectivity index (χ2v) is 3.37. The van der Waals surface area contributed by atoms with Crippen LogP contribution in [0, 0.1) is 11.6 Å². The second-order valence-electron chi connectivity index (χ2n) is 3.06. The number of hydrogen-bond acceptors (Lipinski definition) is 3. The fourth-order valence-corrected chi connectivity index (χ4v) is 1.29. The van der Waals surface area contributed by atoms with E-state index in [4.69, 9.17) is 17.3 Å². The standard InChI is InChI=1S/C9H10ClF2NO2/c10-3-8(14)9(15)4-1-5(11)6(12)2-7(4)13/h1-2,8-9,14-15H,3,13H2. The lowest BCUT2D eigenvalue weighted by Gasteiger charge is -2.17. The maximum absolute atomic E-state index is 12.8. The predicted octanol–water partition coefficient (Wildman–Crippen LogP) is 1.18. The van der Waals surface area contributed by atoms with Crippen LogP contribution in [0.1, 0.15) is 11.7 Å². The number of aliphatic hydroxyl groups excluding tert-OH is 2. The molecular formula is C9H10ClF2NO2. The van der Waals surface area contributed by atoms with E-state index >= 15 is 0 Å². The highest BCUT2D eigenvalue weighted by Gasteiger charge is 2.21. The number of anilines is 1. The molecule has 3 nitrogen and oxygen atoms in total. The lowest BCUT2D eigenvalue weighted by atomic mass is 10.0. The van der Waals surface area contributed by atoms with Crippen molar-refractivity contribution in [2.24, 2.45) is 0 Å². The van der Waals surface area contributed by atoms with Gasteiger partial charge in [-0.2, -0.15) is 0 Å². The zero-order valence-corrected chi connectivity index (χ0v) is 8.38. The Morgan fingerprint density at radius 2 is 1.80 bits per heavy atom. The van der Waals surface area contributed by atoms with Crippen molar-refractivity contribution in [2.75, 3.05) is 11.6 Å². The highest BCUT2D eigenvalue weighted by Crippen LogP contribution is 2.26. The van der Waals surface area contributed by atoms with E-state index in [9.17, 15) is 19.0 Å². The van der Waals surface area contributed by atoms with Crippen LogP contribution in [0.4, 0.5) is 14.5 Å². The first-order valence-electron chi connectivity index (χ1n) is 4.14. The first-order chi connectivity index (χ1) is 6.97. The minimum absolute atomic E-state index is 0.0814. The third kappa shape index (κ3) is 2.56. The van der Waals surface area contributed by atoms with Crippen molar-refractivity contribution in [1.82, 2.24) is 0 Å². The number of nitrogens with two attached hydrogens (primary N) is 1. The van der Waals surface area contributed by atoms with Crippen molar-refractivity contribution in [2.45, 2.75) is 12.2 Å². The predicted molar refractivity (Wildman–Crippen MR) is 52.5 cm³/mol. The van der Waals surface area contributed by atoms with E-state index in [1.165, 1.54) is 0 Å². The van der Waals surface area contributed by atoms with Crippen molar-refractivity contribution in [3.8, 4) is 0 Å². The smallest absolute Gasteiger partial charge is 0.160 e. The van der Waals surface area contributed by atoms with E-state index in [1.54, 1.807) is 0 Å². The first kappa shape index (κ1) is 12.2. The summed E-state index contributed by atoms with van der Waals surface area (Å²) >= 11 is 5.30. The molecule has 0 bridgehead atoms. The third-order valence-electron chi connectivity index (χ3n) is 1.97. The van der Waals surface area contributed by atoms with Gasteiger partial charge in [0.1, 0.15) is 6.10 Å². The van der Waals surface area contributed by atoms with Gasteiger partial charge in [0.25, 0.3) is 0 Å². The summed E-state index contributed by atoms with van der Waals surface area (Å²) in [6.07, 6.45) is -2.71. The molecule has 2 atom stereocenters. The Morgan fingerprint density at radius 1 is 1.27 bits per heavy atom. The van der Waals surface area contributed by atoms with Crippen LogP contribution in [-0.4, -0.2) is 22.2 Å². The molecule has 0 aromatic heterocycles. The van der Waals surface area contributed by atoms with Crippen LogP contribution in [0.5, 0.6) is 0 Å². The molecular weight excluding hydrogens is 228 g/mol. The molecule has 4 N–H and O–H groups in total. The Morgan fingerprint density at radius 3 is 2.33 bits per heavy atom. The van der Waals surface area contributed by atoms with Crippen LogP contribution in [0.15, 0.2) is 12.1 Å². The lowest BCUT2D eigenvalue weighted by Crippen LogP contribution is -2.21. The summed E-state index contributed by atoms with van der Waals surface area (Å²) in [5.74, 6) is -2.48. The number of halogens is 3. The zero-order valence-electron chi connectivity index (χ0n) is 7.62. The van der Waals surface area contributed by atoms with Gasteiger partial charge in [-0.3, -0.25) is 0 Å². The number of alkyl halides is 1. The van der Waals surface area contributed by atoms with Gasteiger partial charge in [-0.25, -0.2) is 8.78 Å². The maximum atomic E-state index is 12.8. The second kappa shape index (κ2) is 4.74. The van der Waals surface area contributed by atoms with Crippen molar-refractivity contribution >= 4 is 17.3 Å². The van der Waals surface area contributed by atoms with Crippen molar-refractivity contribution in [3.05, 3.63) is 29.3 Å². The molecule has 2 unspecified atom stereocenters. The van der Waals surface area contributed by atoms with Crippen LogP contribution in [0.3, 0.4) is 0 Å². The normalized spacial score (nSPS) is 15.0. The third-order valence-corrected chi connectivity index (χ3v) is 2.28. The number of rotatable bonds is 3. The van der Waals surface area contributed by atoms with Crippen LogP contribution in [-0.2, 0) is 0 Å². The number of benzene rings is 1. The van der Waals surface area contributed by atoms with Gasteiger partial charge in [0.05, 0.1) is 12.0 Å². The quantitative estimate of drug-likeness (QED) is 0.546. The monoisotopic (exact) mass is 237 g/mol. The minimum Gasteiger partial charge on any atom is -0.398 e. The van der Waals surface area contributed by atoms with E-state index in [0.29, 0.717) is 0 Å². The Bertz CT molecular complexity index is 362. The minimum atomic E-state index is -1.43. The average Bonchev–Trinajstić information content (AvgIpc) is 2.21. The highest BCUT2D eigenvalue weighted by molar-refractivity contribution is 6.18. The van der Waals surface area contributed by atoms with Crippen LogP contribution >= 0.6 is 11.6 Å². The Balaban J connectivity index is 3.09. The van der Waals surface area contributed by atoms with Gasteiger partial charge in [0.15, 0.2) is 11.6 Å². The van der Waals surface area contributed by atoms with Crippen molar-refractivity contribution in [3.63, 3.8) is 0 Å². The topological polar surface area (TPSA) is 66.5 Å². The number of aliphatic hydroxyl groups is 2. The summed E-state index contributed by atoms with van der Waals surface area (Å²) in [5, 5.41) is 18.7. The molecule has 84 valence electrons. The maximum Gasteiger partial charge on any atom is 0.160 e. The van der Waals surface area contributed by atoms with Crippen LogP contribution in [0.25, 0.3) is 0 Å². The van der Waals surface area contributed by atoms with Gasteiger partial charge in [-0.1, -0.05) is 0 Å². The van der Waals surface area contributed by atoms with Gasteiger partial charge in [0, 0.05) is 17.3 Å². The average molecular weight is 238 g/mol. The molecule has 0 aliphatic rings. The van der Waals surface area contributed by atoms with Gasteiger partial charge < -0.3 is 15.9 Å². The van der Waals surface area contributed by atoms with Crippen molar-refractivity contribution < 1.29 is 19.0 Å². The first-order valence-corrected chi connectivity index (χ1v) is 4.67. The summed E-state index contributed by atoms with van der Waals surface area (Å²) in [5.41, 5.74) is 5.15. The lowest BCUT2D eigenvalue weighted by molar-refractivity contribution is 0.0329. The molecule has 15 heavy (non-hydrogen) atoms. The Kier molecular flexibility index (Phi) is 3.84. The molecule has 0 saturated carbocycles. The van der Waals surface area contributed by atoms with E-state index < -0.39 is 23.8 Å². The summed E-state index contributed by atoms with van der Waals surface area (Å²) < 4.78 is 25.5. The summed E-state index contributed by atoms with van der Waals surface area (Å²) in [6, 6.07) is 1.49. The SMILES string of the molecule is Nc1cc(F)c(F)cc1C(O)C(O)CCl. The van der Waals surface area contributed by atoms with E-state index in [0.717, 1.165) is 12.1 Å². The number of nitrogen functional groups attached to an aromatic ring is 1. The molecule has 6 heteroatoms.